The number of allylic oxidation sites excluding steroid dienone is 1. The minimum absolute atomic E-state index is 0.861. The van der Waals surface area contributed by atoms with Crippen LogP contribution in [0.5, 0.6) is 0 Å². The number of hydrogen-bond acceptors (Lipinski definition) is 1. The van der Waals surface area contributed by atoms with Crippen LogP contribution >= 0.6 is 0 Å². The summed E-state index contributed by atoms with van der Waals surface area (Å²) >= 11 is 0. The standard InChI is InChI=1S/C12H23N/c1-2-3-4-5-6-7-11-8-9-12(11)10-13/h2,11-12H,1,3-10,13H2. The fourth-order valence-corrected chi connectivity index (χ4v) is 2.20. The first kappa shape index (κ1) is 10.8. The predicted octanol–water partition coefficient (Wildman–Crippen LogP) is 3.11. The van der Waals surface area contributed by atoms with E-state index in [0.717, 1.165) is 18.4 Å². The highest BCUT2D eigenvalue weighted by Gasteiger charge is 2.28. The molecule has 1 heteroatoms. The van der Waals surface area contributed by atoms with Crippen molar-refractivity contribution in [1.82, 2.24) is 0 Å². The second-order valence-corrected chi connectivity index (χ2v) is 4.26. The molecule has 0 radical (unpaired) electrons. The second-order valence-electron chi connectivity index (χ2n) is 4.26. The van der Waals surface area contributed by atoms with E-state index in [9.17, 15) is 0 Å². The van der Waals surface area contributed by atoms with Crippen molar-refractivity contribution in [3.05, 3.63) is 12.7 Å². The quantitative estimate of drug-likeness (QED) is 0.474. The summed E-state index contributed by atoms with van der Waals surface area (Å²) in [5.74, 6) is 1.83. The Kier molecular flexibility index (Phi) is 5.14. The molecule has 0 saturated heterocycles. The molecule has 1 aliphatic rings. The Labute approximate surface area is 82.4 Å². The molecule has 2 atom stereocenters. The highest BCUT2D eigenvalue weighted by molar-refractivity contribution is 4.81. The van der Waals surface area contributed by atoms with E-state index in [-0.39, 0.29) is 0 Å². The van der Waals surface area contributed by atoms with Gasteiger partial charge in [-0.05, 0) is 44.1 Å². The Balaban J connectivity index is 1.91. The van der Waals surface area contributed by atoms with Crippen molar-refractivity contribution >= 4 is 0 Å². The second kappa shape index (κ2) is 6.20. The summed E-state index contributed by atoms with van der Waals surface area (Å²) in [6.07, 6.45) is 11.5. The third-order valence-electron chi connectivity index (χ3n) is 3.36. The highest BCUT2D eigenvalue weighted by Crippen LogP contribution is 2.37. The molecule has 1 nitrogen and oxygen atoms in total. The molecule has 0 aromatic carbocycles. The molecule has 13 heavy (non-hydrogen) atoms. The van der Waals surface area contributed by atoms with Gasteiger partial charge in [-0.15, -0.1) is 6.58 Å². The van der Waals surface area contributed by atoms with Gasteiger partial charge in [0.05, 0.1) is 0 Å². The lowest BCUT2D eigenvalue weighted by atomic mass is 9.71. The third kappa shape index (κ3) is 3.51. The lowest BCUT2D eigenvalue weighted by Gasteiger charge is -2.35. The van der Waals surface area contributed by atoms with Crippen LogP contribution in [-0.2, 0) is 0 Å². The van der Waals surface area contributed by atoms with Crippen molar-refractivity contribution in [2.45, 2.75) is 44.9 Å². The van der Waals surface area contributed by atoms with Crippen molar-refractivity contribution < 1.29 is 0 Å². The van der Waals surface area contributed by atoms with Crippen LogP contribution in [0.3, 0.4) is 0 Å². The van der Waals surface area contributed by atoms with Gasteiger partial charge in [0.1, 0.15) is 0 Å². The molecule has 0 heterocycles. The molecule has 1 aliphatic carbocycles. The van der Waals surface area contributed by atoms with Gasteiger partial charge in [0.25, 0.3) is 0 Å². The minimum Gasteiger partial charge on any atom is -0.330 e. The summed E-state index contributed by atoms with van der Waals surface area (Å²) in [5, 5.41) is 0. The van der Waals surface area contributed by atoms with Crippen LogP contribution in [-0.4, -0.2) is 6.54 Å². The fraction of sp³-hybridized carbons (Fsp3) is 0.833. The normalized spacial score (nSPS) is 26.8. The van der Waals surface area contributed by atoms with Gasteiger partial charge in [-0.2, -0.15) is 0 Å². The molecule has 0 aromatic heterocycles. The SMILES string of the molecule is C=CCCCCCC1CCC1CN. The zero-order valence-electron chi connectivity index (χ0n) is 8.67. The molecule has 1 fully saturated rings. The van der Waals surface area contributed by atoms with E-state index in [1.165, 1.54) is 44.9 Å². The van der Waals surface area contributed by atoms with Gasteiger partial charge in [-0.3, -0.25) is 0 Å². The molecule has 1 rings (SSSR count). The number of hydrogen-bond donors (Lipinski definition) is 1. The van der Waals surface area contributed by atoms with E-state index in [1.807, 2.05) is 6.08 Å². The molecule has 1 saturated carbocycles. The van der Waals surface area contributed by atoms with Crippen LogP contribution in [0, 0.1) is 11.8 Å². The molecule has 0 aromatic rings. The largest absolute Gasteiger partial charge is 0.330 e. The van der Waals surface area contributed by atoms with E-state index < -0.39 is 0 Å². The number of rotatable bonds is 7. The topological polar surface area (TPSA) is 26.0 Å². The lowest BCUT2D eigenvalue weighted by Crippen LogP contribution is -2.32. The molecule has 0 bridgehead atoms. The van der Waals surface area contributed by atoms with Gasteiger partial charge in [0.15, 0.2) is 0 Å². The van der Waals surface area contributed by atoms with Gasteiger partial charge < -0.3 is 5.73 Å². The van der Waals surface area contributed by atoms with Crippen molar-refractivity contribution in [2.75, 3.05) is 6.54 Å². The monoisotopic (exact) mass is 181 g/mol. The zero-order valence-corrected chi connectivity index (χ0v) is 8.67. The first-order valence-corrected chi connectivity index (χ1v) is 5.69. The Bertz CT molecular complexity index is 140. The Hall–Kier alpha value is -0.300. The van der Waals surface area contributed by atoms with E-state index >= 15 is 0 Å². The van der Waals surface area contributed by atoms with Crippen LogP contribution in [0.2, 0.25) is 0 Å². The van der Waals surface area contributed by atoms with Gasteiger partial charge in [-0.1, -0.05) is 25.3 Å². The summed E-state index contributed by atoms with van der Waals surface area (Å²) in [5.41, 5.74) is 5.66. The highest BCUT2D eigenvalue weighted by atomic mass is 14.6. The molecule has 0 spiro atoms. The molecular weight excluding hydrogens is 158 g/mol. The lowest BCUT2D eigenvalue weighted by molar-refractivity contribution is 0.167. The smallest absolute Gasteiger partial charge is 0.00462 e. The van der Waals surface area contributed by atoms with Gasteiger partial charge in [-0.25, -0.2) is 0 Å². The van der Waals surface area contributed by atoms with Gasteiger partial charge >= 0.3 is 0 Å². The van der Waals surface area contributed by atoms with Crippen LogP contribution in [0.25, 0.3) is 0 Å². The van der Waals surface area contributed by atoms with Gasteiger partial charge in [0, 0.05) is 0 Å². The average molecular weight is 181 g/mol. The Morgan fingerprint density at radius 3 is 2.46 bits per heavy atom. The molecular formula is C12H23N. The van der Waals surface area contributed by atoms with E-state index in [2.05, 4.69) is 6.58 Å². The first-order valence-electron chi connectivity index (χ1n) is 5.69. The summed E-state index contributed by atoms with van der Waals surface area (Å²) in [7, 11) is 0. The first-order chi connectivity index (χ1) is 6.38. The summed E-state index contributed by atoms with van der Waals surface area (Å²) in [4.78, 5) is 0. The van der Waals surface area contributed by atoms with Crippen molar-refractivity contribution in [3.63, 3.8) is 0 Å². The van der Waals surface area contributed by atoms with E-state index in [4.69, 9.17) is 5.73 Å². The predicted molar refractivity (Wildman–Crippen MR) is 58.6 cm³/mol. The Morgan fingerprint density at radius 2 is 1.92 bits per heavy atom. The number of unbranched alkanes of at least 4 members (excludes halogenated alkanes) is 3. The Morgan fingerprint density at radius 1 is 1.15 bits per heavy atom. The maximum atomic E-state index is 5.66. The molecule has 2 unspecified atom stereocenters. The maximum Gasteiger partial charge on any atom is -0.00462 e. The number of nitrogens with two attached hydrogens (primary N) is 1. The van der Waals surface area contributed by atoms with Crippen molar-refractivity contribution in [3.8, 4) is 0 Å². The van der Waals surface area contributed by atoms with E-state index in [1.54, 1.807) is 0 Å². The van der Waals surface area contributed by atoms with Crippen LogP contribution in [0.15, 0.2) is 12.7 Å². The third-order valence-corrected chi connectivity index (χ3v) is 3.36. The molecule has 0 amide bonds. The zero-order chi connectivity index (χ0) is 9.52. The van der Waals surface area contributed by atoms with Crippen LogP contribution in [0.4, 0.5) is 0 Å². The van der Waals surface area contributed by atoms with Crippen molar-refractivity contribution in [1.29, 1.82) is 0 Å². The van der Waals surface area contributed by atoms with Crippen LogP contribution < -0.4 is 5.73 Å². The van der Waals surface area contributed by atoms with Gasteiger partial charge in [0.2, 0.25) is 0 Å². The maximum absolute atomic E-state index is 5.66. The molecule has 0 aliphatic heterocycles. The minimum atomic E-state index is 0.861. The molecule has 2 N–H and O–H groups in total. The summed E-state index contributed by atoms with van der Waals surface area (Å²) < 4.78 is 0. The van der Waals surface area contributed by atoms with Crippen LogP contribution in [0.1, 0.15) is 44.9 Å². The fourth-order valence-electron chi connectivity index (χ4n) is 2.20. The summed E-state index contributed by atoms with van der Waals surface area (Å²) in [6, 6.07) is 0. The average Bonchev–Trinajstić information content (AvgIpc) is 2.10. The van der Waals surface area contributed by atoms with Crippen molar-refractivity contribution in [2.24, 2.45) is 17.6 Å². The molecule has 76 valence electrons. The van der Waals surface area contributed by atoms with E-state index in [0.29, 0.717) is 0 Å². The summed E-state index contributed by atoms with van der Waals surface area (Å²) in [6.45, 7) is 4.64.